The molecule has 0 saturated carbocycles. The molecule has 0 unspecified atom stereocenters. The molecule has 0 aromatic carbocycles. The lowest BCUT2D eigenvalue weighted by Crippen LogP contribution is -2.25. The van der Waals surface area contributed by atoms with Crippen LogP contribution in [0.15, 0.2) is 30.7 Å². The first-order chi connectivity index (χ1) is 9.29. The van der Waals surface area contributed by atoms with E-state index in [1.54, 1.807) is 35.4 Å². The monoisotopic (exact) mass is 260 g/mol. The molecule has 100 valence electrons. The van der Waals surface area contributed by atoms with Gasteiger partial charge in [0.05, 0.1) is 11.9 Å². The van der Waals surface area contributed by atoms with Gasteiger partial charge < -0.3 is 11.1 Å². The summed E-state index contributed by atoms with van der Waals surface area (Å²) in [5.41, 5.74) is 6.77. The van der Waals surface area contributed by atoms with Gasteiger partial charge in [-0.15, -0.1) is 5.10 Å². The molecule has 0 radical (unpaired) electrons. The molecule has 0 spiro atoms. The Morgan fingerprint density at radius 1 is 1.42 bits per heavy atom. The van der Waals surface area contributed by atoms with E-state index in [4.69, 9.17) is 5.73 Å². The highest BCUT2D eigenvalue weighted by molar-refractivity contribution is 5.94. The summed E-state index contributed by atoms with van der Waals surface area (Å²) in [5.74, 6) is -0.115. The summed E-state index contributed by atoms with van der Waals surface area (Å²) in [4.78, 5) is 15.9. The maximum absolute atomic E-state index is 11.9. The number of nitrogens with one attached hydrogen (secondary N) is 1. The van der Waals surface area contributed by atoms with Crippen molar-refractivity contribution in [1.29, 1.82) is 0 Å². The summed E-state index contributed by atoms with van der Waals surface area (Å²) in [6, 6.07) is 3.37. The second kappa shape index (κ2) is 6.60. The first-order valence-electron chi connectivity index (χ1n) is 6.07. The highest BCUT2D eigenvalue weighted by Gasteiger charge is 2.05. The number of nitrogens with zero attached hydrogens (tertiary/aromatic N) is 4. The van der Waals surface area contributed by atoms with Crippen molar-refractivity contribution < 1.29 is 4.79 Å². The molecule has 2 rings (SSSR count). The number of carbonyl (C=O) groups excluding carboxylic acids is 1. The minimum Gasteiger partial charge on any atom is -0.352 e. The first-order valence-corrected chi connectivity index (χ1v) is 6.07. The Morgan fingerprint density at radius 3 is 3.05 bits per heavy atom. The van der Waals surface area contributed by atoms with Gasteiger partial charge in [0.15, 0.2) is 0 Å². The standard InChI is InChI=1S/C12H16N6O/c13-9-11-8-10(2-4-14-11)12(19)15-3-1-6-18-7-5-16-17-18/h2,4-5,7-8H,1,3,6,9,13H2,(H,15,19). The van der Waals surface area contributed by atoms with Gasteiger partial charge in [-0.05, 0) is 18.6 Å². The van der Waals surface area contributed by atoms with Gasteiger partial charge in [0, 0.05) is 37.6 Å². The van der Waals surface area contributed by atoms with E-state index in [2.05, 4.69) is 20.6 Å². The van der Waals surface area contributed by atoms with Crippen LogP contribution in [0, 0.1) is 0 Å². The molecular weight excluding hydrogens is 244 g/mol. The van der Waals surface area contributed by atoms with Gasteiger partial charge in [0.25, 0.3) is 5.91 Å². The average molecular weight is 260 g/mol. The molecule has 0 fully saturated rings. The van der Waals surface area contributed by atoms with Crippen LogP contribution in [0.1, 0.15) is 22.5 Å². The summed E-state index contributed by atoms with van der Waals surface area (Å²) in [6.45, 7) is 1.64. The Kier molecular flexibility index (Phi) is 4.57. The molecule has 19 heavy (non-hydrogen) atoms. The van der Waals surface area contributed by atoms with Crippen LogP contribution >= 0.6 is 0 Å². The van der Waals surface area contributed by atoms with E-state index in [1.807, 2.05) is 0 Å². The maximum atomic E-state index is 11.9. The zero-order valence-electron chi connectivity index (χ0n) is 10.5. The van der Waals surface area contributed by atoms with E-state index in [0.717, 1.165) is 13.0 Å². The summed E-state index contributed by atoms with van der Waals surface area (Å²) in [7, 11) is 0. The quantitative estimate of drug-likeness (QED) is 0.710. The molecule has 3 N–H and O–H groups in total. The van der Waals surface area contributed by atoms with Crippen LogP contribution in [0.5, 0.6) is 0 Å². The molecule has 0 atom stereocenters. The summed E-state index contributed by atoms with van der Waals surface area (Å²) >= 11 is 0. The molecule has 1 amide bonds. The zero-order chi connectivity index (χ0) is 13.5. The third-order valence-corrected chi connectivity index (χ3v) is 2.61. The average Bonchev–Trinajstić information content (AvgIpc) is 2.96. The minimum absolute atomic E-state index is 0.115. The minimum atomic E-state index is -0.115. The highest BCUT2D eigenvalue weighted by atomic mass is 16.1. The van der Waals surface area contributed by atoms with Gasteiger partial charge in [-0.3, -0.25) is 14.5 Å². The Morgan fingerprint density at radius 2 is 2.32 bits per heavy atom. The number of pyridine rings is 1. The van der Waals surface area contributed by atoms with Crippen molar-refractivity contribution in [1.82, 2.24) is 25.3 Å². The van der Waals surface area contributed by atoms with Crippen molar-refractivity contribution in [2.45, 2.75) is 19.5 Å². The predicted molar refractivity (Wildman–Crippen MR) is 69.1 cm³/mol. The fourth-order valence-corrected chi connectivity index (χ4v) is 1.63. The van der Waals surface area contributed by atoms with Crippen molar-refractivity contribution in [3.8, 4) is 0 Å². The van der Waals surface area contributed by atoms with E-state index < -0.39 is 0 Å². The van der Waals surface area contributed by atoms with Crippen LogP contribution in [0.4, 0.5) is 0 Å². The molecule has 2 aromatic heterocycles. The summed E-state index contributed by atoms with van der Waals surface area (Å²) in [6.07, 6.45) is 5.80. The number of aryl methyl sites for hydroxylation is 1. The van der Waals surface area contributed by atoms with Crippen molar-refractivity contribution in [3.05, 3.63) is 42.0 Å². The largest absolute Gasteiger partial charge is 0.352 e. The summed E-state index contributed by atoms with van der Waals surface area (Å²) in [5, 5.41) is 10.4. The predicted octanol–water partition coefficient (Wildman–Crippen LogP) is -0.0481. The zero-order valence-corrected chi connectivity index (χ0v) is 10.5. The Labute approximate surface area is 110 Å². The van der Waals surface area contributed by atoms with Crippen LogP contribution in [0.25, 0.3) is 0 Å². The lowest BCUT2D eigenvalue weighted by molar-refractivity contribution is 0.0952. The lowest BCUT2D eigenvalue weighted by Gasteiger charge is -2.06. The third-order valence-electron chi connectivity index (χ3n) is 2.61. The number of nitrogens with two attached hydrogens (primary N) is 1. The molecule has 0 bridgehead atoms. The molecule has 2 heterocycles. The maximum Gasteiger partial charge on any atom is 0.251 e. The molecule has 0 saturated heterocycles. The third kappa shape index (κ3) is 3.85. The fraction of sp³-hybridized carbons (Fsp3) is 0.333. The van der Waals surface area contributed by atoms with Gasteiger partial charge in [-0.2, -0.15) is 0 Å². The van der Waals surface area contributed by atoms with E-state index in [-0.39, 0.29) is 5.91 Å². The van der Waals surface area contributed by atoms with Crippen molar-refractivity contribution in [2.75, 3.05) is 6.54 Å². The van der Waals surface area contributed by atoms with Gasteiger partial charge >= 0.3 is 0 Å². The fourth-order valence-electron chi connectivity index (χ4n) is 1.63. The SMILES string of the molecule is NCc1cc(C(=O)NCCCn2ccnn2)ccn1. The van der Waals surface area contributed by atoms with E-state index in [9.17, 15) is 4.79 Å². The van der Waals surface area contributed by atoms with Crippen molar-refractivity contribution >= 4 is 5.91 Å². The number of aromatic nitrogens is 4. The number of hydrogen-bond donors (Lipinski definition) is 2. The van der Waals surface area contributed by atoms with Crippen molar-refractivity contribution in [2.24, 2.45) is 5.73 Å². The molecule has 7 nitrogen and oxygen atoms in total. The second-order valence-electron chi connectivity index (χ2n) is 4.02. The smallest absolute Gasteiger partial charge is 0.251 e. The molecular formula is C12H16N6O. The van der Waals surface area contributed by atoms with Crippen LogP contribution in [-0.4, -0.2) is 32.4 Å². The van der Waals surface area contributed by atoms with E-state index in [0.29, 0.717) is 24.3 Å². The number of carbonyl (C=O) groups is 1. The van der Waals surface area contributed by atoms with Gasteiger partial charge in [-0.25, -0.2) is 0 Å². The lowest BCUT2D eigenvalue weighted by atomic mass is 10.2. The summed E-state index contributed by atoms with van der Waals surface area (Å²) < 4.78 is 1.73. The highest BCUT2D eigenvalue weighted by Crippen LogP contribution is 2.01. The van der Waals surface area contributed by atoms with Gasteiger partial charge in [0.2, 0.25) is 0 Å². The topological polar surface area (TPSA) is 98.7 Å². The van der Waals surface area contributed by atoms with E-state index >= 15 is 0 Å². The van der Waals surface area contributed by atoms with E-state index in [1.165, 1.54) is 0 Å². The molecule has 7 heteroatoms. The van der Waals surface area contributed by atoms with Crippen LogP contribution in [0.3, 0.4) is 0 Å². The molecule has 0 aliphatic heterocycles. The normalized spacial score (nSPS) is 10.4. The Bertz CT molecular complexity index is 525. The number of amides is 1. The Hall–Kier alpha value is -2.28. The van der Waals surface area contributed by atoms with Crippen LogP contribution < -0.4 is 11.1 Å². The van der Waals surface area contributed by atoms with Gasteiger partial charge in [-0.1, -0.05) is 5.21 Å². The van der Waals surface area contributed by atoms with Gasteiger partial charge in [0.1, 0.15) is 0 Å². The number of rotatable bonds is 6. The molecule has 0 aliphatic rings. The second-order valence-corrected chi connectivity index (χ2v) is 4.02. The van der Waals surface area contributed by atoms with Crippen molar-refractivity contribution in [3.63, 3.8) is 0 Å². The molecule has 2 aromatic rings. The number of hydrogen-bond acceptors (Lipinski definition) is 5. The van der Waals surface area contributed by atoms with Crippen LogP contribution in [0.2, 0.25) is 0 Å². The van der Waals surface area contributed by atoms with Crippen LogP contribution in [-0.2, 0) is 13.1 Å². The Balaban J connectivity index is 1.77. The first kappa shape index (κ1) is 13.2. The molecule has 0 aliphatic carbocycles.